The monoisotopic (exact) mass is 432 g/mol. The molecule has 9 nitrogen and oxygen atoms in total. The molecule has 0 radical (unpaired) electrons. The number of aromatic nitrogens is 4. The molecule has 164 valence electrons. The minimum Gasteiger partial charge on any atom is -0.381 e. The molecule has 1 aromatic carbocycles. The highest BCUT2D eigenvalue weighted by Gasteiger charge is 2.24. The van der Waals surface area contributed by atoms with E-state index in [0.29, 0.717) is 23.8 Å². The summed E-state index contributed by atoms with van der Waals surface area (Å²) in [6.45, 7) is 4.25. The van der Waals surface area contributed by atoms with Crippen molar-refractivity contribution in [3.63, 3.8) is 0 Å². The summed E-state index contributed by atoms with van der Waals surface area (Å²) >= 11 is 0. The maximum atomic E-state index is 12.5. The zero-order chi connectivity index (χ0) is 22.7. The number of hydrogen-bond acceptors (Lipinski definition) is 8. The van der Waals surface area contributed by atoms with Gasteiger partial charge >= 0.3 is 0 Å². The molecule has 0 fully saturated rings. The van der Waals surface area contributed by atoms with Crippen molar-refractivity contribution in [1.82, 2.24) is 30.3 Å². The average Bonchev–Trinajstić information content (AvgIpc) is 3.29. The fourth-order valence-corrected chi connectivity index (χ4v) is 3.12. The van der Waals surface area contributed by atoms with Gasteiger partial charge in [-0.1, -0.05) is 35.5 Å². The van der Waals surface area contributed by atoms with Crippen molar-refractivity contribution < 1.29 is 14.4 Å². The van der Waals surface area contributed by atoms with Crippen molar-refractivity contribution in [3.8, 4) is 11.4 Å². The summed E-state index contributed by atoms with van der Waals surface area (Å²) in [6, 6.07) is 7.43. The van der Waals surface area contributed by atoms with Crippen LogP contribution in [0.1, 0.15) is 41.5 Å². The Balaban J connectivity index is 1.41. The van der Waals surface area contributed by atoms with Crippen LogP contribution in [0.3, 0.4) is 0 Å². The number of amides is 1. The molecule has 1 aliphatic heterocycles. The summed E-state index contributed by atoms with van der Waals surface area (Å²) in [7, 11) is 1.97. The van der Waals surface area contributed by atoms with Crippen molar-refractivity contribution in [2.45, 2.75) is 26.0 Å². The highest BCUT2D eigenvalue weighted by atomic mass is 16.5. The molecular weight excluding hydrogens is 408 g/mol. The Kier molecular flexibility index (Phi) is 5.83. The second kappa shape index (κ2) is 8.72. The molecule has 4 rings (SSSR count). The summed E-state index contributed by atoms with van der Waals surface area (Å²) in [5.41, 5.74) is 1.66. The Morgan fingerprint density at radius 2 is 2.03 bits per heavy atom. The molecule has 0 atom stereocenters. The van der Waals surface area contributed by atoms with Crippen LogP contribution in [-0.4, -0.2) is 49.6 Å². The Labute approximate surface area is 185 Å². The Morgan fingerprint density at radius 1 is 1.25 bits per heavy atom. The number of carbonyl (C=O) groups is 1. The van der Waals surface area contributed by atoms with Gasteiger partial charge in [0.25, 0.3) is 11.8 Å². The van der Waals surface area contributed by atoms with Gasteiger partial charge in [-0.15, -0.1) is 0 Å². The second-order valence-electron chi connectivity index (χ2n) is 8.02. The molecule has 3 heterocycles. The SMILES string of the molecule is CN1CC=CC=C1c1ncc(C(=O)NCc2cccc(-c3noc(C(C)(C)O)n3)c2)cn1. The molecule has 0 bridgehead atoms. The lowest BCUT2D eigenvalue weighted by Gasteiger charge is -2.22. The predicted octanol–water partition coefficient (Wildman–Crippen LogP) is 2.53. The molecule has 0 aliphatic carbocycles. The van der Waals surface area contributed by atoms with E-state index >= 15 is 0 Å². The predicted molar refractivity (Wildman–Crippen MR) is 118 cm³/mol. The summed E-state index contributed by atoms with van der Waals surface area (Å²) in [5.74, 6) is 0.820. The van der Waals surface area contributed by atoms with Crippen molar-refractivity contribution in [2.75, 3.05) is 13.6 Å². The second-order valence-corrected chi connectivity index (χ2v) is 8.02. The van der Waals surface area contributed by atoms with E-state index in [-0.39, 0.29) is 11.8 Å². The van der Waals surface area contributed by atoms with Gasteiger partial charge in [-0.2, -0.15) is 4.98 Å². The molecule has 0 saturated heterocycles. The minimum absolute atomic E-state index is 0.140. The van der Waals surface area contributed by atoms with Crippen LogP contribution >= 0.6 is 0 Å². The number of hydrogen-bond donors (Lipinski definition) is 2. The maximum Gasteiger partial charge on any atom is 0.258 e. The van der Waals surface area contributed by atoms with E-state index in [1.165, 1.54) is 12.4 Å². The number of allylic oxidation sites excluding steroid dienone is 2. The largest absolute Gasteiger partial charge is 0.381 e. The average molecular weight is 432 g/mol. The summed E-state index contributed by atoms with van der Waals surface area (Å²) in [5, 5.41) is 16.8. The van der Waals surface area contributed by atoms with Gasteiger partial charge in [0.1, 0.15) is 5.60 Å². The fraction of sp³-hybridized carbons (Fsp3) is 0.261. The molecule has 9 heteroatoms. The van der Waals surface area contributed by atoms with Crippen LogP contribution in [0.4, 0.5) is 0 Å². The first kappa shape index (κ1) is 21.4. The Morgan fingerprint density at radius 3 is 2.72 bits per heavy atom. The van der Waals surface area contributed by atoms with Crippen LogP contribution < -0.4 is 5.32 Å². The smallest absolute Gasteiger partial charge is 0.258 e. The molecule has 32 heavy (non-hydrogen) atoms. The van der Waals surface area contributed by atoms with Gasteiger partial charge in [0, 0.05) is 38.1 Å². The normalized spacial score (nSPS) is 13.8. The van der Waals surface area contributed by atoms with E-state index in [2.05, 4.69) is 25.4 Å². The third kappa shape index (κ3) is 4.73. The molecule has 0 spiro atoms. The van der Waals surface area contributed by atoms with Crippen LogP contribution in [0, 0.1) is 0 Å². The standard InChI is InChI=1S/C23H24N6O3/c1-23(2,31)22-27-19(28-32-22)16-8-6-7-15(11-16)12-26-21(30)17-13-24-20(25-14-17)18-9-4-5-10-29(18)3/h4-9,11,13-14,31H,10,12H2,1-3H3,(H,26,30). The molecule has 1 amide bonds. The summed E-state index contributed by atoms with van der Waals surface area (Å²) < 4.78 is 5.13. The first-order valence-corrected chi connectivity index (χ1v) is 10.2. The number of rotatable bonds is 6. The van der Waals surface area contributed by atoms with Gasteiger partial charge in [0.2, 0.25) is 5.82 Å². The number of likely N-dealkylation sites (N-methyl/N-ethyl adjacent to an activating group) is 1. The van der Waals surface area contributed by atoms with Crippen molar-refractivity contribution >= 4 is 11.6 Å². The number of nitrogens with zero attached hydrogens (tertiary/aromatic N) is 5. The van der Waals surface area contributed by atoms with Gasteiger partial charge in [-0.25, -0.2) is 9.97 Å². The van der Waals surface area contributed by atoms with Crippen LogP contribution in [0.2, 0.25) is 0 Å². The lowest BCUT2D eigenvalue weighted by Crippen LogP contribution is -2.24. The number of carbonyl (C=O) groups excluding carboxylic acids is 1. The zero-order valence-electron chi connectivity index (χ0n) is 18.1. The first-order valence-electron chi connectivity index (χ1n) is 10.2. The Hall–Kier alpha value is -3.85. The topological polar surface area (TPSA) is 117 Å². The molecule has 2 N–H and O–H groups in total. The lowest BCUT2D eigenvalue weighted by atomic mass is 10.1. The fourth-order valence-electron chi connectivity index (χ4n) is 3.12. The van der Waals surface area contributed by atoms with Gasteiger partial charge < -0.3 is 19.8 Å². The Bertz CT molecular complexity index is 1170. The highest BCUT2D eigenvalue weighted by Crippen LogP contribution is 2.23. The first-order chi connectivity index (χ1) is 15.3. The number of aliphatic hydroxyl groups is 1. The van der Waals surface area contributed by atoms with E-state index in [4.69, 9.17) is 4.52 Å². The molecule has 0 saturated carbocycles. The zero-order valence-corrected chi connectivity index (χ0v) is 18.1. The van der Waals surface area contributed by atoms with E-state index < -0.39 is 5.60 Å². The van der Waals surface area contributed by atoms with Crippen LogP contribution in [0.25, 0.3) is 17.1 Å². The lowest BCUT2D eigenvalue weighted by molar-refractivity contribution is 0.0420. The van der Waals surface area contributed by atoms with E-state index in [0.717, 1.165) is 23.4 Å². The van der Waals surface area contributed by atoms with Gasteiger partial charge in [-0.05, 0) is 31.6 Å². The summed E-state index contributed by atoms with van der Waals surface area (Å²) in [4.78, 5) is 27.5. The molecular formula is C23H24N6O3. The van der Waals surface area contributed by atoms with Crippen molar-refractivity contribution in [1.29, 1.82) is 0 Å². The molecule has 1 aliphatic rings. The third-order valence-electron chi connectivity index (χ3n) is 4.91. The van der Waals surface area contributed by atoms with Gasteiger partial charge in [-0.3, -0.25) is 4.79 Å². The molecule has 0 unspecified atom stereocenters. The van der Waals surface area contributed by atoms with Gasteiger partial charge in [0.15, 0.2) is 5.82 Å². The molecule has 3 aromatic rings. The van der Waals surface area contributed by atoms with Crippen molar-refractivity contribution in [2.24, 2.45) is 0 Å². The highest BCUT2D eigenvalue weighted by molar-refractivity contribution is 5.93. The van der Waals surface area contributed by atoms with E-state index in [1.807, 2.05) is 54.4 Å². The van der Waals surface area contributed by atoms with Crippen LogP contribution in [0.5, 0.6) is 0 Å². The quantitative estimate of drug-likeness (QED) is 0.610. The maximum absolute atomic E-state index is 12.5. The van der Waals surface area contributed by atoms with E-state index in [9.17, 15) is 9.90 Å². The van der Waals surface area contributed by atoms with Crippen LogP contribution in [-0.2, 0) is 12.1 Å². The van der Waals surface area contributed by atoms with Crippen LogP contribution in [0.15, 0.2) is 59.4 Å². The summed E-state index contributed by atoms with van der Waals surface area (Å²) in [6.07, 6.45) is 9.01. The number of nitrogens with one attached hydrogen (secondary N) is 1. The van der Waals surface area contributed by atoms with E-state index in [1.54, 1.807) is 13.8 Å². The number of benzene rings is 1. The third-order valence-corrected chi connectivity index (χ3v) is 4.91. The van der Waals surface area contributed by atoms with Gasteiger partial charge in [0.05, 0.1) is 11.3 Å². The molecule has 2 aromatic heterocycles. The van der Waals surface area contributed by atoms with Crippen molar-refractivity contribution in [3.05, 3.63) is 77.7 Å². The minimum atomic E-state index is -1.21.